The van der Waals surface area contributed by atoms with Gasteiger partial charge in [0.25, 0.3) is 0 Å². The van der Waals surface area contributed by atoms with Gasteiger partial charge in [-0.2, -0.15) is 0 Å². The zero-order valence-corrected chi connectivity index (χ0v) is 17.2. The van der Waals surface area contributed by atoms with Gasteiger partial charge in [-0.1, -0.05) is 36.4 Å². The number of carbonyl (C=O) groups is 1. The number of hydrogen-bond donors (Lipinski definition) is 0. The number of fused-ring (bicyclic) bond motifs is 3. The molecule has 2 aromatic heterocycles. The number of carbonyl (C=O) groups excluding carboxylic acids is 1. The molecule has 0 saturated heterocycles. The maximum Gasteiger partial charge on any atom is 0.339 e. The normalized spacial score (nSPS) is 11.5. The molecule has 5 heteroatoms. The van der Waals surface area contributed by atoms with Crippen LogP contribution in [0.5, 0.6) is 0 Å². The van der Waals surface area contributed by atoms with Crippen LogP contribution < -0.4 is 10.7 Å². The summed E-state index contributed by atoms with van der Waals surface area (Å²) in [4.78, 5) is 23.4. The molecule has 5 rings (SSSR count). The van der Waals surface area contributed by atoms with Gasteiger partial charge in [0.15, 0.2) is 0 Å². The molecule has 0 N–H and O–H groups in total. The predicted octanol–water partition coefficient (Wildman–Crippen LogP) is 4.66. The van der Waals surface area contributed by atoms with Gasteiger partial charge in [0.1, 0.15) is 11.2 Å². The smallest absolute Gasteiger partial charge is 0.339 e. The molecule has 2 heterocycles. The van der Waals surface area contributed by atoms with E-state index in [0.29, 0.717) is 16.7 Å². The van der Waals surface area contributed by atoms with Crippen LogP contribution in [0.4, 0.5) is 0 Å². The molecule has 0 aliphatic carbocycles. The molecule has 0 aliphatic heterocycles. The third-order valence-electron chi connectivity index (χ3n) is 5.98. The summed E-state index contributed by atoms with van der Waals surface area (Å²) in [7, 11) is 0. The summed E-state index contributed by atoms with van der Waals surface area (Å²) in [6.45, 7) is 3.69. The highest BCUT2D eigenvalue weighted by Gasteiger charge is 2.19. The van der Waals surface area contributed by atoms with E-state index in [1.807, 2.05) is 32.0 Å². The zero-order chi connectivity index (χ0) is 21.7. The van der Waals surface area contributed by atoms with Crippen molar-refractivity contribution in [1.29, 1.82) is 0 Å². The lowest BCUT2D eigenvalue weighted by molar-refractivity contribution is -0.305. The highest BCUT2D eigenvalue weighted by molar-refractivity contribution is 6.05. The summed E-state index contributed by atoms with van der Waals surface area (Å²) < 4.78 is 11.5. The summed E-state index contributed by atoms with van der Waals surface area (Å²) in [5, 5.41) is 14.9. The monoisotopic (exact) mass is 411 g/mol. The van der Waals surface area contributed by atoms with Crippen molar-refractivity contribution in [2.75, 3.05) is 0 Å². The van der Waals surface area contributed by atoms with Gasteiger partial charge >= 0.3 is 5.63 Å². The predicted molar refractivity (Wildman–Crippen MR) is 118 cm³/mol. The molecule has 5 nitrogen and oxygen atoms in total. The first-order valence-electron chi connectivity index (χ1n) is 10.1. The summed E-state index contributed by atoms with van der Waals surface area (Å²) in [5.41, 5.74) is 4.43. The standard InChI is InChI=1S/C26H20O5/c1-14-19(9-10-23(27)28)26(29)31-25-15(2)24-21(12-20(14)25)22(13-30-24)18-8-7-16-5-3-4-6-17(16)11-18/h3-8,11-13H,9-10H2,1-2H3,(H,27,28)/p-1. The van der Waals surface area contributed by atoms with Crippen LogP contribution in [0.2, 0.25) is 0 Å². The Kier molecular flexibility index (Phi) is 4.40. The van der Waals surface area contributed by atoms with Crippen LogP contribution in [0.15, 0.2) is 68.4 Å². The van der Waals surface area contributed by atoms with Crippen LogP contribution in [0, 0.1) is 13.8 Å². The van der Waals surface area contributed by atoms with Crippen molar-refractivity contribution >= 4 is 38.7 Å². The summed E-state index contributed by atoms with van der Waals surface area (Å²) in [6.07, 6.45) is 1.57. The van der Waals surface area contributed by atoms with E-state index in [0.717, 1.165) is 43.8 Å². The van der Waals surface area contributed by atoms with Crippen molar-refractivity contribution < 1.29 is 18.7 Å². The average molecular weight is 411 g/mol. The molecule has 0 atom stereocenters. The fraction of sp³-hybridized carbons (Fsp3) is 0.154. The second-order valence-corrected chi connectivity index (χ2v) is 7.83. The first kappa shape index (κ1) is 19.1. The topological polar surface area (TPSA) is 83.5 Å². The Balaban J connectivity index is 1.75. The van der Waals surface area contributed by atoms with E-state index in [2.05, 4.69) is 30.3 Å². The van der Waals surface area contributed by atoms with Gasteiger partial charge < -0.3 is 18.7 Å². The molecule has 154 valence electrons. The lowest BCUT2D eigenvalue weighted by atomic mass is 9.96. The molecule has 0 unspecified atom stereocenters. The van der Waals surface area contributed by atoms with Gasteiger partial charge in [-0.05, 0) is 60.7 Å². The number of furan rings is 1. The van der Waals surface area contributed by atoms with Crippen LogP contribution in [0.3, 0.4) is 0 Å². The highest BCUT2D eigenvalue weighted by Crippen LogP contribution is 2.38. The number of hydrogen-bond acceptors (Lipinski definition) is 5. The molecule has 0 bridgehead atoms. The van der Waals surface area contributed by atoms with E-state index < -0.39 is 11.6 Å². The third-order valence-corrected chi connectivity index (χ3v) is 5.98. The molecule has 0 radical (unpaired) electrons. The van der Waals surface area contributed by atoms with Gasteiger partial charge in [0, 0.05) is 33.4 Å². The lowest BCUT2D eigenvalue weighted by Gasteiger charge is -2.10. The van der Waals surface area contributed by atoms with Crippen LogP contribution in [-0.4, -0.2) is 5.97 Å². The Bertz CT molecular complexity index is 1550. The van der Waals surface area contributed by atoms with Crippen LogP contribution in [0.25, 0.3) is 43.8 Å². The Morgan fingerprint density at radius 2 is 1.71 bits per heavy atom. The fourth-order valence-electron chi connectivity index (χ4n) is 4.29. The van der Waals surface area contributed by atoms with Crippen LogP contribution in [0.1, 0.15) is 23.1 Å². The van der Waals surface area contributed by atoms with Crippen molar-refractivity contribution in [3.05, 3.63) is 81.9 Å². The van der Waals surface area contributed by atoms with Gasteiger partial charge in [-0.3, -0.25) is 0 Å². The fourth-order valence-corrected chi connectivity index (χ4v) is 4.29. The van der Waals surface area contributed by atoms with E-state index in [1.165, 1.54) is 0 Å². The molecule has 3 aromatic carbocycles. The molecule has 0 spiro atoms. The van der Waals surface area contributed by atoms with Gasteiger partial charge in [0.05, 0.1) is 6.26 Å². The Hall–Kier alpha value is -3.86. The average Bonchev–Trinajstić information content (AvgIpc) is 3.18. The molecule has 31 heavy (non-hydrogen) atoms. The summed E-state index contributed by atoms with van der Waals surface area (Å²) in [6, 6.07) is 16.4. The van der Waals surface area contributed by atoms with Gasteiger partial charge in [0.2, 0.25) is 0 Å². The first-order chi connectivity index (χ1) is 14.9. The van der Waals surface area contributed by atoms with Crippen molar-refractivity contribution in [2.24, 2.45) is 0 Å². The Morgan fingerprint density at radius 1 is 0.935 bits per heavy atom. The summed E-state index contributed by atoms with van der Waals surface area (Å²) >= 11 is 0. The number of aliphatic carboxylic acids is 1. The third kappa shape index (κ3) is 3.10. The minimum Gasteiger partial charge on any atom is -0.550 e. The van der Waals surface area contributed by atoms with Crippen molar-refractivity contribution in [1.82, 2.24) is 0 Å². The van der Waals surface area contributed by atoms with E-state index >= 15 is 0 Å². The Labute approximate surface area is 177 Å². The number of carboxylic acid groups (broad SMARTS) is 1. The SMILES string of the molecule is Cc1c(CCC(=O)[O-])c(=O)oc2c(C)c3occ(-c4ccc5ccccc5c4)c3cc12. The van der Waals surface area contributed by atoms with E-state index in [9.17, 15) is 14.7 Å². The number of benzene rings is 3. The molecular weight excluding hydrogens is 392 g/mol. The first-order valence-corrected chi connectivity index (χ1v) is 10.1. The zero-order valence-electron chi connectivity index (χ0n) is 17.2. The van der Waals surface area contributed by atoms with Crippen LogP contribution >= 0.6 is 0 Å². The molecular formula is C26H19O5-. The van der Waals surface area contributed by atoms with Crippen molar-refractivity contribution in [3.8, 4) is 11.1 Å². The molecule has 0 aliphatic rings. The van der Waals surface area contributed by atoms with Gasteiger partial charge in [-0.25, -0.2) is 4.79 Å². The van der Waals surface area contributed by atoms with Crippen molar-refractivity contribution in [3.63, 3.8) is 0 Å². The lowest BCUT2D eigenvalue weighted by Crippen LogP contribution is -2.24. The minimum atomic E-state index is -1.20. The number of rotatable bonds is 4. The minimum absolute atomic E-state index is 0.0758. The van der Waals surface area contributed by atoms with E-state index in [-0.39, 0.29) is 12.8 Å². The number of carboxylic acids is 1. The van der Waals surface area contributed by atoms with Gasteiger partial charge in [-0.15, -0.1) is 0 Å². The molecule has 0 saturated carbocycles. The quantitative estimate of drug-likeness (QED) is 0.402. The Morgan fingerprint density at radius 3 is 2.48 bits per heavy atom. The maximum absolute atomic E-state index is 12.5. The van der Waals surface area contributed by atoms with Crippen molar-refractivity contribution in [2.45, 2.75) is 26.7 Å². The number of aryl methyl sites for hydroxylation is 2. The molecule has 0 amide bonds. The molecule has 0 fully saturated rings. The van der Waals surface area contributed by atoms with E-state index in [4.69, 9.17) is 8.83 Å². The largest absolute Gasteiger partial charge is 0.550 e. The second kappa shape index (κ2) is 7.13. The van der Waals surface area contributed by atoms with Crippen LogP contribution in [-0.2, 0) is 11.2 Å². The maximum atomic E-state index is 12.5. The molecule has 5 aromatic rings. The van der Waals surface area contributed by atoms with E-state index in [1.54, 1.807) is 6.26 Å². The second-order valence-electron chi connectivity index (χ2n) is 7.83. The summed E-state index contributed by atoms with van der Waals surface area (Å²) in [5.74, 6) is -1.20. The highest BCUT2D eigenvalue weighted by atomic mass is 16.4.